The van der Waals surface area contributed by atoms with Gasteiger partial charge in [0.15, 0.2) is 6.39 Å². The first-order chi connectivity index (χ1) is 20.4. The number of anilines is 1. The summed E-state index contributed by atoms with van der Waals surface area (Å²) in [7, 11) is 1.65. The van der Waals surface area contributed by atoms with E-state index in [4.69, 9.17) is 14.1 Å². The number of carbonyl (C=O) groups is 1. The fraction of sp³-hybridized carbons (Fsp3) is 0.344. The minimum atomic E-state index is -0.494. The minimum absolute atomic E-state index is 0.0883. The van der Waals surface area contributed by atoms with Crippen molar-refractivity contribution in [1.29, 1.82) is 5.26 Å². The molecule has 4 aromatic rings. The Morgan fingerprint density at radius 3 is 2.69 bits per heavy atom. The highest BCUT2D eigenvalue weighted by molar-refractivity contribution is 6.04. The summed E-state index contributed by atoms with van der Waals surface area (Å²) in [5, 5.41) is 15.8. The smallest absolute Gasteiger partial charge is 0.263 e. The summed E-state index contributed by atoms with van der Waals surface area (Å²) < 4.78 is 12.3. The molecule has 0 saturated heterocycles. The third-order valence-corrected chi connectivity index (χ3v) is 7.64. The normalized spacial score (nSPS) is 14.5. The van der Waals surface area contributed by atoms with E-state index in [0.717, 1.165) is 53.6 Å². The van der Waals surface area contributed by atoms with Gasteiger partial charge in [0, 0.05) is 49.6 Å². The lowest BCUT2D eigenvalue weighted by molar-refractivity contribution is 0.102. The van der Waals surface area contributed by atoms with Gasteiger partial charge in [0.2, 0.25) is 0 Å². The van der Waals surface area contributed by atoms with E-state index in [1.807, 2.05) is 25.3 Å². The van der Waals surface area contributed by atoms with Gasteiger partial charge in [-0.2, -0.15) is 5.26 Å². The number of aromatic nitrogens is 3. The summed E-state index contributed by atoms with van der Waals surface area (Å²) >= 11 is 0. The number of nitrogens with zero attached hydrogens (tertiary/aromatic N) is 4. The summed E-state index contributed by atoms with van der Waals surface area (Å²) in [6, 6.07) is 13.3. The lowest BCUT2D eigenvalue weighted by Gasteiger charge is -2.14. The molecule has 0 unspecified atom stereocenters. The maximum absolute atomic E-state index is 13.6. The van der Waals surface area contributed by atoms with Gasteiger partial charge in [-0.15, -0.1) is 0 Å². The van der Waals surface area contributed by atoms with Crippen molar-refractivity contribution in [3.05, 3.63) is 87.5 Å². The molecule has 6 rings (SSSR count). The number of hydrogen-bond acceptors (Lipinski definition) is 8. The molecule has 0 spiro atoms. The number of benzene rings is 1. The molecule has 2 N–H and O–H groups in total. The maximum atomic E-state index is 13.6. The van der Waals surface area contributed by atoms with Gasteiger partial charge in [0.1, 0.15) is 22.8 Å². The number of nitriles is 1. The van der Waals surface area contributed by atoms with Gasteiger partial charge in [0.25, 0.3) is 11.5 Å². The first kappa shape index (κ1) is 27.6. The predicted octanol–water partition coefficient (Wildman–Crippen LogP) is 4.95. The van der Waals surface area contributed by atoms with Crippen molar-refractivity contribution < 1.29 is 13.9 Å². The van der Waals surface area contributed by atoms with Crippen LogP contribution in [0.4, 0.5) is 5.82 Å². The molecule has 1 amide bonds. The highest BCUT2D eigenvalue weighted by atomic mass is 16.5. The average Bonchev–Trinajstić information content (AvgIpc) is 3.93. The summed E-state index contributed by atoms with van der Waals surface area (Å²) in [5.74, 6) is 0.823. The van der Waals surface area contributed by atoms with Crippen LogP contribution in [0.25, 0.3) is 22.4 Å². The van der Waals surface area contributed by atoms with Crippen molar-refractivity contribution in [2.24, 2.45) is 0 Å². The monoisotopic (exact) mass is 564 g/mol. The zero-order valence-corrected chi connectivity index (χ0v) is 23.6. The Balaban J connectivity index is 1.36. The summed E-state index contributed by atoms with van der Waals surface area (Å²) in [5.41, 5.74) is 5.09. The van der Waals surface area contributed by atoms with Crippen LogP contribution in [-0.4, -0.2) is 40.7 Å². The number of aryl methyl sites for hydroxylation is 1. The predicted molar refractivity (Wildman–Crippen MR) is 157 cm³/mol. The fourth-order valence-corrected chi connectivity index (χ4v) is 5.12. The molecule has 3 heterocycles. The van der Waals surface area contributed by atoms with Crippen LogP contribution >= 0.6 is 0 Å². The first-order valence-electron chi connectivity index (χ1n) is 14.2. The Morgan fingerprint density at radius 1 is 1.17 bits per heavy atom. The molecule has 214 valence electrons. The van der Waals surface area contributed by atoms with Gasteiger partial charge in [-0.25, -0.2) is 9.97 Å². The molecule has 3 aromatic heterocycles. The molecule has 2 aliphatic carbocycles. The first-order valence-corrected chi connectivity index (χ1v) is 14.2. The molecule has 0 atom stereocenters. The molecule has 10 heteroatoms. The number of nitrogens with one attached hydrogen (secondary N) is 2. The van der Waals surface area contributed by atoms with Crippen molar-refractivity contribution in [3.8, 4) is 28.5 Å². The molecule has 10 nitrogen and oxygen atoms in total. The third kappa shape index (κ3) is 5.88. The number of amides is 1. The quantitative estimate of drug-likeness (QED) is 0.245. The third-order valence-electron chi connectivity index (χ3n) is 7.64. The van der Waals surface area contributed by atoms with Gasteiger partial charge in [-0.3, -0.25) is 9.59 Å². The van der Waals surface area contributed by atoms with E-state index in [9.17, 15) is 14.9 Å². The number of oxazole rings is 1. The van der Waals surface area contributed by atoms with E-state index in [2.05, 4.69) is 21.7 Å². The van der Waals surface area contributed by atoms with Crippen LogP contribution in [0.1, 0.15) is 70.6 Å². The number of methoxy groups -OCH3 is 1. The van der Waals surface area contributed by atoms with E-state index in [1.165, 1.54) is 6.39 Å². The summed E-state index contributed by atoms with van der Waals surface area (Å²) in [6.07, 6.45) is 7.13. The molecular weight excluding hydrogens is 532 g/mol. The lowest BCUT2D eigenvalue weighted by atomic mass is 9.94. The van der Waals surface area contributed by atoms with Crippen LogP contribution in [0.15, 0.2) is 58.2 Å². The molecule has 0 bridgehead atoms. The molecule has 0 aliphatic heterocycles. The van der Waals surface area contributed by atoms with Crippen LogP contribution in [0.3, 0.4) is 0 Å². The van der Waals surface area contributed by atoms with E-state index < -0.39 is 5.91 Å². The molecule has 2 aliphatic rings. The Hall–Kier alpha value is -4.59. The van der Waals surface area contributed by atoms with E-state index in [1.54, 1.807) is 35.9 Å². The van der Waals surface area contributed by atoms with Crippen molar-refractivity contribution in [3.63, 3.8) is 0 Å². The fourth-order valence-electron chi connectivity index (χ4n) is 5.12. The van der Waals surface area contributed by atoms with Crippen molar-refractivity contribution in [2.75, 3.05) is 25.6 Å². The van der Waals surface area contributed by atoms with Gasteiger partial charge in [0.05, 0.1) is 18.2 Å². The standard InChI is InChI=1S/C32H32N6O4/c1-19-30(35-18-42-19)26-11-20(15-33)3-8-25(26)23-13-28(22-4-5-22)36-29(14-23)37-31(39)27-12-21(16-34-9-10-41-2)17-38(32(27)40)24-6-7-24/h3,8,11-14,17-18,22,24,34H,4-7,9-10,16H2,1-2H3,(H,36,37,39). The van der Waals surface area contributed by atoms with Crippen LogP contribution in [0.5, 0.6) is 0 Å². The Kier molecular flexibility index (Phi) is 7.69. The summed E-state index contributed by atoms with van der Waals surface area (Å²) in [4.78, 5) is 36.1. The van der Waals surface area contributed by atoms with Crippen LogP contribution < -0.4 is 16.2 Å². The van der Waals surface area contributed by atoms with Crippen molar-refractivity contribution in [1.82, 2.24) is 19.9 Å². The van der Waals surface area contributed by atoms with Crippen molar-refractivity contribution in [2.45, 2.75) is 51.1 Å². The number of hydrogen-bond donors (Lipinski definition) is 2. The van der Waals surface area contributed by atoms with E-state index in [0.29, 0.717) is 48.4 Å². The second-order valence-electron chi connectivity index (χ2n) is 10.9. The molecule has 1 aromatic carbocycles. The summed E-state index contributed by atoms with van der Waals surface area (Å²) in [6.45, 7) is 3.57. The van der Waals surface area contributed by atoms with Crippen LogP contribution in [0.2, 0.25) is 0 Å². The van der Waals surface area contributed by atoms with Gasteiger partial charge < -0.3 is 24.4 Å². The number of pyridine rings is 2. The average molecular weight is 565 g/mol. The molecule has 0 radical (unpaired) electrons. The maximum Gasteiger partial charge on any atom is 0.263 e. The largest absolute Gasteiger partial charge is 0.448 e. The zero-order valence-electron chi connectivity index (χ0n) is 23.6. The Bertz CT molecular complexity index is 1740. The van der Waals surface area contributed by atoms with Crippen LogP contribution in [0, 0.1) is 18.3 Å². The van der Waals surface area contributed by atoms with Crippen molar-refractivity contribution >= 4 is 11.7 Å². The zero-order chi connectivity index (χ0) is 29.2. The molecule has 2 fully saturated rings. The Morgan fingerprint density at radius 2 is 2.00 bits per heavy atom. The molecule has 42 heavy (non-hydrogen) atoms. The van der Waals surface area contributed by atoms with E-state index in [-0.39, 0.29) is 17.2 Å². The minimum Gasteiger partial charge on any atom is -0.448 e. The van der Waals surface area contributed by atoms with E-state index >= 15 is 0 Å². The lowest BCUT2D eigenvalue weighted by Crippen LogP contribution is -2.30. The molecule has 2 saturated carbocycles. The SMILES string of the molecule is COCCNCc1cc(C(=O)Nc2cc(-c3ccc(C#N)cc3-c3ncoc3C)cc(C3CC3)n2)c(=O)n(C2CC2)c1. The van der Waals surface area contributed by atoms with Gasteiger partial charge in [-0.1, -0.05) is 6.07 Å². The molecular formula is C32H32N6O4. The highest BCUT2D eigenvalue weighted by Crippen LogP contribution is 2.42. The second-order valence-corrected chi connectivity index (χ2v) is 10.9. The number of rotatable bonds is 11. The van der Waals surface area contributed by atoms with Gasteiger partial charge in [-0.05, 0) is 79.6 Å². The number of ether oxygens (including phenoxy) is 1. The van der Waals surface area contributed by atoms with Gasteiger partial charge >= 0.3 is 0 Å². The highest BCUT2D eigenvalue weighted by Gasteiger charge is 2.29. The topological polar surface area (TPSA) is 135 Å². The second kappa shape index (κ2) is 11.7. The Labute approximate surface area is 243 Å². The van der Waals surface area contributed by atoms with Crippen LogP contribution in [-0.2, 0) is 11.3 Å². The number of carbonyl (C=O) groups excluding carboxylic acids is 1.